The van der Waals surface area contributed by atoms with E-state index in [1.165, 1.54) is 0 Å². The van der Waals surface area contributed by atoms with E-state index in [1.807, 2.05) is 31.2 Å². The Bertz CT molecular complexity index is 492. The Morgan fingerprint density at radius 2 is 2.12 bits per heavy atom. The van der Waals surface area contributed by atoms with Gasteiger partial charge in [-0.1, -0.05) is 17.3 Å². The normalized spacial score (nSPS) is 10.4. The lowest BCUT2D eigenvalue weighted by atomic mass is 10.2. The van der Waals surface area contributed by atoms with Gasteiger partial charge >= 0.3 is 0 Å². The standard InChI is InChI=1S/C11H14N4O/c1-8-10(7-12)15(14-13-8)9-5-3-4-6-11(9)16-2/h3-6H,7,12H2,1-2H3. The maximum Gasteiger partial charge on any atom is 0.144 e. The Labute approximate surface area is 93.8 Å². The van der Waals surface area contributed by atoms with Crippen LogP contribution in [0.15, 0.2) is 24.3 Å². The van der Waals surface area contributed by atoms with Crippen LogP contribution in [0, 0.1) is 6.92 Å². The van der Waals surface area contributed by atoms with E-state index in [-0.39, 0.29) is 0 Å². The molecule has 5 heteroatoms. The van der Waals surface area contributed by atoms with Crippen LogP contribution in [0.2, 0.25) is 0 Å². The molecule has 0 fully saturated rings. The van der Waals surface area contributed by atoms with Gasteiger partial charge in [-0.25, -0.2) is 4.68 Å². The van der Waals surface area contributed by atoms with Crippen molar-refractivity contribution in [2.75, 3.05) is 7.11 Å². The van der Waals surface area contributed by atoms with Gasteiger partial charge in [0.15, 0.2) is 0 Å². The number of hydrogen-bond acceptors (Lipinski definition) is 4. The molecule has 1 aromatic heterocycles. The van der Waals surface area contributed by atoms with Gasteiger partial charge in [-0.3, -0.25) is 0 Å². The molecule has 5 nitrogen and oxygen atoms in total. The van der Waals surface area contributed by atoms with Crippen molar-refractivity contribution in [2.45, 2.75) is 13.5 Å². The number of aryl methyl sites for hydroxylation is 1. The highest BCUT2D eigenvalue weighted by Gasteiger charge is 2.12. The van der Waals surface area contributed by atoms with Gasteiger partial charge in [0.1, 0.15) is 11.4 Å². The van der Waals surface area contributed by atoms with E-state index in [1.54, 1.807) is 11.8 Å². The van der Waals surface area contributed by atoms with Crippen LogP contribution in [0.3, 0.4) is 0 Å². The molecule has 0 atom stereocenters. The first-order valence-corrected chi connectivity index (χ1v) is 5.02. The van der Waals surface area contributed by atoms with Crippen molar-refractivity contribution in [3.05, 3.63) is 35.7 Å². The molecule has 2 rings (SSSR count). The van der Waals surface area contributed by atoms with E-state index < -0.39 is 0 Å². The molecule has 0 radical (unpaired) electrons. The van der Waals surface area contributed by atoms with Crippen molar-refractivity contribution in [1.29, 1.82) is 0 Å². The topological polar surface area (TPSA) is 66.0 Å². The lowest BCUT2D eigenvalue weighted by molar-refractivity contribution is 0.411. The largest absolute Gasteiger partial charge is 0.494 e. The minimum atomic E-state index is 0.400. The second-order valence-corrected chi connectivity index (χ2v) is 3.41. The highest BCUT2D eigenvalue weighted by atomic mass is 16.5. The number of methoxy groups -OCH3 is 1. The Balaban J connectivity index is 2.58. The van der Waals surface area contributed by atoms with Crippen LogP contribution in [0.25, 0.3) is 5.69 Å². The summed E-state index contributed by atoms with van der Waals surface area (Å²) >= 11 is 0. The van der Waals surface area contributed by atoms with Gasteiger partial charge in [0.05, 0.1) is 18.5 Å². The van der Waals surface area contributed by atoms with E-state index >= 15 is 0 Å². The Morgan fingerprint density at radius 3 is 2.81 bits per heavy atom. The molecule has 0 aliphatic heterocycles. The third-order valence-corrected chi connectivity index (χ3v) is 2.46. The molecule has 0 amide bonds. The molecule has 0 aliphatic rings. The summed E-state index contributed by atoms with van der Waals surface area (Å²) in [4.78, 5) is 0. The summed E-state index contributed by atoms with van der Waals surface area (Å²) in [6.45, 7) is 2.29. The molecule has 0 saturated heterocycles. The van der Waals surface area contributed by atoms with Crippen LogP contribution < -0.4 is 10.5 Å². The van der Waals surface area contributed by atoms with Crippen LogP contribution in [-0.2, 0) is 6.54 Å². The number of nitrogens with zero attached hydrogens (tertiary/aromatic N) is 3. The SMILES string of the molecule is COc1ccccc1-n1nnc(C)c1CN. The van der Waals surface area contributed by atoms with Crippen molar-refractivity contribution >= 4 is 0 Å². The smallest absolute Gasteiger partial charge is 0.144 e. The molecule has 0 aliphatic carbocycles. The molecule has 0 unspecified atom stereocenters. The number of para-hydroxylation sites is 2. The number of nitrogens with two attached hydrogens (primary N) is 1. The molecule has 1 aromatic carbocycles. The van der Waals surface area contributed by atoms with Gasteiger partial charge in [0, 0.05) is 6.54 Å². The number of benzene rings is 1. The number of rotatable bonds is 3. The fourth-order valence-electron chi connectivity index (χ4n) is 1.61. The van der Waals surface area contributed by atoms with E-state index in [0.29, 0.717) is 6.54 Å². The first-order valence-electron chi connectivity index (χ1n) is 5.02. The summed E-state index contributed by atoms with van der Waals surface area (Å²) in [5, 5.41) is 8.09. The summed E-state index contributed by atoms with van der Waals surface area (Å²) in [6, 6.07) is 7.64. The Morgan fingerprint density at radius 1 is 1.38 bits per heavy atom. The predicted octanol–water partition coefficient (Wildman–Crippen LogP) is 1.04. The van der Waals surface area contributed by atoms with Crippen molar-refractivity contribution in [1.82, 2.24) is 15.0 Å². The quantitative estimate of drug-likeness (QED) is 0.836. The average molecular weight is 218 g/mol. The van der Waals surface area contributed by atoms with Gasteiger partial charge in [0.2, 0.25) is 0 Å². The number of ether oxygens (including phenoxy) is 1. The lowest BCUT2D eigenvalue weighted by Gasteiger charge is -2.09. The third kappa shape index (κ3) is 1.65. The first-order chi connectivity index (χ1) is 7.77. The number of aromatic nitrogens is 3. The van der Waals surface area contributed by atoms with Gasteiger partial charge < -0.3 is 10.5 Å². The minimum Gasteiger partial charge on any atom is -0.494 e. The minimum absolute atomic E-state index is 0.400. The second-order valence-electron chi connectivity index (χ2n) is 3.41. The highest BCUT2D eigenvalue weighted by Crippen LogP contribution is 2.22. The maximum atomic E-state index is 5.68. The molecular weight excluding hydrogens is 204 g/mol. The zero-order valence-corrected chi connectivity index (χ0v) is 9.34. The monoisotopic (exact) mass is 218 g/mol. The molecule has 2 aromatic rings. The summed E-state index contributed by atoms with van der Waals surface area (Å²) in [7, 11) is 1.63. The molecule has 16 heavy (non-hydrogen) atoms. The van der Waals surface area contributed by atoms with Crippen LogP contribution >= 0.6 is 0 Å². The molecule has 2 N–H and O–H groups in total. The molecular formula is C11H14N4O. The van der Waals surface area contributed by atoms with Crippen LogP contribution in [0.1, 0.15) is 11.4 Å². The van der Waals surface area contributed by atoms with Gasteiger partial charge in [-0.05, 0) is 19.1 Å². The zero-order chi connectivity index (χ0) is 11.5. The zero-order valence-electron chi connectivity index (χ0n) is 9.34. The fourth-order valence-corrected chi connectivity index (χ4v) is 1.61. The summed E-state index contributed by atoms with van der Waals surface area (Å²) in [6.07, 6.45) is 0. The molecule has 1 heterocycles. The summed E-state index contributed by atoms with van der Waals surface area (Å²) in [5.74, 6) is 0.752. The molecule has 0 spiro atoms. The Kier molecular flexibility index (Phi) is 2.87. The average Bonchev–Trinajstić information content (AvgIpc) is 2.70. The van der Waals surface area contributed by atoms with E-state index in [4.69, 9.17) is 10.5 Å². The van der Waals surface area contributed by atoms with Crippen molar-refractivity contribution in [3.8, 4) is 11.4 Å². The third-order valence-electron chi connectivity index (χ3n) is 2.46. The van der Waals surface area contributed by atoms with E-state index in [2.05, 4.69) is 10.3 Å². The molecule has 0 bridgehead atoms. The second kappa shape index (κ2) is 4.32. The first kappa shape index (κ1) is 10.6. The van der Waals surface area contributed by atoms with Crippen LogP contribution in [0.5, 0.6) is 5.75 Å². The fraction of sp³-hybridized carbons (Fsp3) is 0.273. The van der Waals surface area contributed by atoms with Crippen molar-refractivity contribution in [2.24, 2.45) is 5.73 Å². The van der Waals surface area contributed by atoms with Crippen molar-refractivity contribution in [3.63, 3.8) is 0 Å². The Hall–Kier alpha value is -1.88. The van der Waals surface area contributed by atoms with Gasteiger partial charge in [0.25, 0.3) is 0 Å². The van der Waals surface area contributed by atoms with E-state index in [9.17, 15) is 0 Å². The van der Waals surface area contributed by atoms with E-state index in [0.717, 1.165) is 22.8 Å². The van der Waals surface area contributed by atoms with Crippen LogP contribution in [0.4, 0.5) is 0 Å². The lowest BCUT2D eigenvalue weighted by Crippen LogP contribution is -2.08. The summed E-state index contributed by atoms with van der Waals surface area (Å²) in [5.41, 5.74) is 8.27. The predicted molar refractivity (Wildman–Crippen MR) is 60.5 cm³/mol. The number of hydrogen-bond donors (Lipinski definition) is 1. The summed E-state index contributed by atoms with van der Waals surface area (Å²) < 4.78 is 7.00. The maximum absolute atomic E-state index is 5.68. The highest BCUT2D eigenvalue weighted by molar-refractivity contribution is 5.46. The molecule has 84 valence electrons. The van der Waals surface area contributed by atoms with Crippen molar-refractivity contribution < 1.29 is 4.74 Å². The molecule has 0 saturated carbocycles. The van der Waals surface area contributed by atoms with Gasteiger partial charge in [-0.15, -0.1) is 5.10 Å². The van der Waals surface area contributed by atoms with Gasteiger partial charge in [-0.2, -0.15) is 0 Å². The van der Waals surface area contributed by atoms with Crippen LogP contribution in [-0.4, -0.2) is 22.1 Å².